The van der Waals surface area contributed by atoms with Crippen molar-refractivity contribution < 1.29 is 14.7 Å². The van der Waals surface area contributed by atoms with Crippen molar-refractivity contribution >= 4 is 11.9 Å². The molecule has 1 amide bonds. The molecule has 1 N–H and O–H groups in total. The number of amides is 1. The normalized spacial score (nSPS) is 32.4. The lowest BCUT2D eigenvalue weighted by Gasteiger charge is -2.39. The fourth-order valence-corrected chi connectivity index (χ4v) is 3.07. The Bertz CT molecular complexity index is 411. The molecule has 0 aromatic carbocycles. The van der Waals surface area contributed by atoms with Gasteiger partial charge in [-0.15, -0.1) is 0 Å². The van der Waals surface area contributed by atoms with Gasteiger partial charge in [0.2, 0.25) is 5.91 Å². The van der Waals surface area contributed by atoms with Crippen LogP contribution < -0.4 is 0 Å². The summed E-state index contributed by atoms with van der Waals surface area (Å²) in [5.41, 5.74) is 0.0242. The average Bonchev–Trinajstić information content (AvgIpc) is 2.99. The number of nitrogens with zero attached hydrogens (tertiary/aromatic N) is 1. The summed E-state index contributed by atoms with van der Waals surface area (Å²) < 4.78 is 0. The largest absolute Gasteiger partial charge is 0.481 e. The van der Waals surface area contributed by atoms with E-state index in [-0.39, 0.29) is 5.91 Å². The standard InChI is InChI=1S/C13H17NO3/c15-11-5-7-13(12(16)17)6-1-2-10(13)14(11)8-9-3-4-9/h2,9H,1,3-8H2,(H,16,17). The minimum Gasteiger partial charge on any atom is -0.481 e. The minimum atomic E-state index is -0.761. The van der Waals surface area contributed by atoms with Crippen molar-refractivity contribution in [2.75, 3.05) is 6.54 Å². The number of fused-ring (bicyclic) bond motifs is 1. The summed E-state index contributed by atoms with van der Waals surface area (Å²) in [5, 5.41) is 9.47. The number of likely N-dealkylation sites (tertiary alicyclic amines) is 1. The van der Waals surface area contributed by atoms with Gasteiger partial charge >= 0.3 is 5.97 Å². The van der Waals surface area contributed by atoms with Crippen molar-refractivity contribution in [2.45, 2.75) is 38.5 Å². The van der Waals surface area contributed by atoms with Crippen LogP contribution in [0.3, 0.4) is 0 Å². The highest BCUT2D eigenvalue weighted by Crippen LogP contribution is 2.49. The Balaban J connectivity index is 1.91. The summed E-state index contributed by atoms with van der Waals surface area (Å²) in [5.74, 6) is -0.0403. The fraction of sp³-hybridized carbons (Fsp3) is 0.692. The fourth-order valence-electron chi connectivity index (χ4n) is 3.07. The third-order valence-electron chi connectivity index (χ3n) is 4.30. The number of hydrogen-bond acceptors (Lipinski definition) is 2. The Morgan fingerprint density at radius 3 is 2.88 bits per heavy atom. The average molecular weight is 235 g/mol. The van der Waals surface area contributed by atoms with Gasteiger partial charge in [0.1, 0.15) is 5.41 Å². The number of aliphatic carboxylic acids is 1. The Morgan fingerprint density at radius 2 is 2.24 bits per heavy atom. The van der Waals surface area contributed by atoms with E-state index in [0.29, 0.717) is 25.2 Å². The van der Waals surface area contributed by atoms with Crippen LogP contribution in [-0.4, -0.2) is 28.4 Å². The summed E-state index contributed by atoms with van der Waals surface area (Å²) in [6.45, 7) is 0.736. The maximum atomic E-state index is 12.0. The second-order valence-corrected chi connectivity index (χ2v) is 5.46. The van der Waals surface area contributed by atoms with Crippen LogP contribution >= 0.6 is 0 Å². The predicted octanol–water partition coefficient (Wildman–Crippen LogP) is 1.77. The van der Waals surface area contributed by atoms with Gasteiger partial charge in [-0.3, -0.25) is 9.59 Å². The topological polar surface area (TPSA) is 57.6 Å². The molecule has 1 saturated carbocycles. The molecule has 3 rings (SSSR count). The predicted molar refractivity (Wildman–Crippen MR) is 61.1 cm³/mol. The molecule has 1 atom stereocenters. The lowest BCUT2D eigenvalue weighted by atomic mass is 9.77. The van der Waals surface area contributed by atoms with Gasteiger partial charge in [0.25, 0.3) is 0 Å². The van der Waals surface area contributed by atoms with Crippen LogP contribution in [0.25, 0.3) is 0 Å². The van der Waals surface area contributed by atoms with E-state index in [1.54, 1.807) is 4.90 Å². The zero-order valence-corrected chi connectivity index (χ0v) is 9.82. The maximum absolute atomic E-state index is 12.0. The van der Waals surface area contributed by atoms with Crippen LogP contribution in [0.5, 0.6) is 0 Å². The zero-order valence-electron chi connectivity index (χ0n) is 9.82. The highest BCUT2D eigenvalue weighted by atomic mass is 16.4. The summed E-state index contributed by atoms with van der Waals surface area (Å²) >= 11 is 0. The highest BCUT2D eigenvalue weighted by molar-refractivity contribution is 5.87. The molecule has 1 saturated heterocycles. The van der Waals surface area contributed by atoms with Crippen molar-refractivity contribution in [3.8, 4) is 0 Å². The van der Waals surface area contributed by atoms with Crippen LogP contribution in [0.2, 0.25) is 0 Å². The molecule has 4 nitrogen and oxygen atoms in total. The number of piperidine rings is 1. The Labute approximate surface area is 100 Å². The molecule has 0 spiro atoms. The minimum absolute atomic E-state index is 0.113. The number of allylic oxidation sites excluding steroid dienone is 1. The van der Waals surface area contributed by atoms with Crippen molar-refractivity contribution in [3.05, 3.63) is 11.8 Å². The summed E-state index contributed by atoms with van der Waals surface area (Å²) in [6.07, 6.45) is 6.63. The van der Waals surface area contributed by atoms with Crippen molar-refractivity contribution in [3.63, 3.8) is 0 Å². The van der Waals surface area contributed by atoms with E-state index < -0.39 is 11.4 Å². The van der Waals surface area contributed by atoms with Gasteiger partial charge in [0.05, 0.1) is 0 Å². The van der Waals surface area contributed by atoms with E-state index in [1.165, 1.54) is 12.8 Å². The number of carboxylic acid groups (broad SMARTS) is 1. The molecule has 1 unspecified atom stereocenters. The molecule has 1 aliphatic heterocycles. The zero-order chi connectivity index (χ0) is 12.0. The van der Waals surface area contributed by atoms with Crippen LogP contribution in [0.1, 0.15) is 38.5 Å². The van der Waals surface area contributed by atoms with Crippen LogP contribution in [0.4, 0.5) is 0 Å². The number of hydrogen-bond donors (Lipinski definition) is 1. The molecule has 4 heteroatoms. The molecule has 3 aliphatic rings. The Morgan fingerprint density at radius 1 is 1.47 bits per heavy atom. The first kappa shape index (κ1) is 10.8. The molecule has 2 aliphatic carbocycles. The molecule has 17 heavy (non-hydrogen) atoms. The molecule has 92 valence electrons. The smallest absolute Gasteiger partial charge is 0.315 e. The first-order valence-electron chi connectivity index (χ1n) is 6.38. The number of rotatable bonds is 3. The lowest BCUT2D eigenvalue weighted by molar-refractivity contribution is -0.151. The second-order valence-electron chi connectivity index (χ2n) is 5.46. The van der Waals surface area contributed by atoms with Gasteiger partial charge in [-0.05, 0) is 38.0 Å². The molecular formula is C13H17NO3. The van der Waals surface area contributed by atoms with E-state index in [9.17, 15) is 14.7 Å². The van der Waals surface area contributed by atoms with Gasteiger partial charge < -0.3 is 10.0 Å². The van der Waals surface area contributed by atoms with Crippen LogP contribution in [-0.2, 0) is 9.59 Å². The quantitative estimate of drug-likeness (QED) is 0.811. The van der Waals surface area contributed by atoms with Crippen molar-refractivity contribution in [1.82, 2.24) is 4.90 Å². The number of carbonyl (C=O) groups is 2. The van der Waals surface area contributed by atoms with E-state index in [2.05, 4.69) is 0 Å². The van der Waals surface area contributed by atoms with E-state index in [4.69, 9.17) is 0 Å². The van der Waals surface area contributed by atoms with Crippen molar-refractivity contribution in [1.29, 1.82) is 0 Å². The first-order valence-corrected chi connectivity index (χ1v) is 6.38. The van der Waals surface area contributed by atoms with Gasteiger partial charge in [-0.1, -0.05) is 6.08 Å². The molecule has 0 aromatic rings. The SMILES string of the molecule is O=C1CCC2(C(=O)O)CCC=C2N1CC1CC1. The molecular weight excluding hydrogens is 218 g/mol. The second kappa shape index (κ2) is 3.59. The molecule has 0 aromatic heterocycles. The Hall–Kier alpha value is -1.32. The van der Waals surface area contributed by atoms with Crippen LogP contribution in [0, 0.1) is 11.3 Å². The molecule has 0 bridgehead atoms. The summed E-state index contributed by atoms with van der Waals surface area (Å²) in [6, 6.07) is 0. The molecule has 1 heterocycles. The highest BCUT2D eigenvalue weighted by Gasteiger charge is 2.51. The Kier molecular flexibility index (Phi) is 2.28. The lowest BCUT2D eigenvalue weighted by Crippen LogP contribution is -2.47. The molecule has 2 fully saturated rings. The van der Waals surface area contributed by atoms with Gasteiger partial charge in [-0.2, -0.15) is 0 Å². The summed E-state index contributed by atoms with van der Waals surface area (Å²) in [7, 11) is 0. The van der Waals surface area contributed by atoms with Gasteiger partial charge in [0, 0.05) is 18.7 Å². The van der Waals surface area contributed by atoms with Crippen molar-refractivity contribution in [2.24, 2.45) is 11.3 Å². The monoisotopic (exact) mass is 235 g/mol. The van der Waals surface area contributed by atoms with E-state index in [0.717, 1.165) is 18.7 Å². The first-order chi connectivity index (χ1) is 8.13. The number of carbonyl (C=O) groups excluding carboxylic acids is 1. The van der Waals surface area contributed by atoms with Gasteiger partial charge in [0.15, 0.2) is 0 Å². The van der Waals surface area contributed by atoms with Gasteiger partial charge in [-0.25, -0.2) is 0 Å². The van der Waals surface area contributed by atoms with E-state index >= 15 is 0 Å². The third kappa shape index (κ3) is 1.58. The maximum Gasteiger partial charge on any atom is 0.315 e. The summed E-state index contributed by atoms with van der Waals surface area (Å²) in [4.78, 5) is 25.3. The van der Waals surface area contributed by atoms with E-state index in [1.807, 2.05) is 6.08 Å². The molecule has 0 radical (unpaired) electrons. The van der Waals surface area contributed by atoms with Crippen LogP contribution in [0.15, 0.2) is 11.8 Å². The number of carboxylic acids is 1. The third-order valence-corrected chi connectivity index (χ3v) is 4.30.